The van der Waals surface area contributed by atoms with Gasteiger partial charge < -0.3 is 9.84 Å². The average molecular weight is 327 g/mol. The van der Waals surface area contributed by atoms with Crippen LogP contribution in [0.3, 0.4) is 0 Å². The molecule has 0 fully saturated rings. The summed E-state index contributed by atoms with van der Waals surface area (Å²) in [4.78, 5) is 27.9. The zero-order valence-electron chi connectivity index (χ0n) is 13.7. The molecule has 0 bridgehead atoms. The molecular weight excluding hydrogens is 310 g/mol. The van der Waals surface area contributed by atoms with Crippen LogP contribution < -0.4 is 5.56 Å². The fraction of sp³-hybridized carbons (Fsp3) is 0.294. The van der Waals surface area contributed by atoms with Crippen LogP contribution in [0, 0.1) is 18.3 Å². The number of nitrogens with zero attached hydrogens (tertiary/aromatic N) is 3. The minimum Gasteiger partial charge on any atom is -0.494 e. The van der Waals surface area contributed by atoms with Crippen LogP contribution in [0.5, 0.6) is 5.88 Å². The Labute approximate surface area is 138 Å². The molecule has 0 amide bonds. The normalized spacial score (nSPS) is 14.6. The van der Waals surface area contributed by atoms with Crippen LogP contribution in [0.4, 0.5) is 0 Å². The van der Waals surface area contributed by atoms with E-state index in [0.29, 0.717) is 16.8 Å². The molecule has 124 valence electrons. The van der Waals surface area contributed by atoms with Crippen molar-refractivity contribution in [2.75, 3.05) is 6.61 Å². The van der Waals surface area contributed by atoms with Crippen LogP contribution in [0.2, 0.25) is 0 Å². The monoisotopic (exact) mass is 327 g/mol. The van der Waals surface area contributed by atoms with Crippen LogP contribution in [-0.4, -0.2) is 28.0 Å². The predicted molar refractivity (Wildman–Crippen MR) is 88.7 cm³/mol. The lowest BCUT2D eigenvalue weighted by atomic mass is 10.0. The number of carbonyl (C=O) groups is 1. The van der Waals surface area contributed by atoms with Crippen molar-refractivity contribution in [2.45, 2.75) is 27.3 Å². The van der Waals surface area contributed by atoms with Crippen molar-refractivity contribution in [1.82, 2.24) is 4.57 Å². The van der Waals surface area contributed by atoms with E-state index in [9.17, 15) is 20.0 Å². The summed E-state index contributed by atoms with van der Waals surface area (Å²) in [7, 11) is 0. The first-order chi connectivity index (χ1) is 11.4. The Morgan fingerprint density at radius 3 is 2.75 bits per heavy atom. The molecule has 1 N–H and O–H groups in total. The van der Waals surface area contributed by atoms with E-state index in [4.69, 9.17) is 4.74 Å². The number of carbonyl (C=O) groups excluding carboxylic acids is 1. The summed E-state index contributed by atoms with van der Waals surface area (Å²) < 4.78 is 5.99. The van der Waals surface area contributed by atoms with Gasteiger partial charge in [0.15, 0.2) is 0 Å². The van der Waals surface area contributed by atoms with Gasteiger partial charge in [-0.1, -0.05) is 0 Å². The zero-order chi connectivity index (χ0) is 17.9. The summed E-state index contributed by atoms with van der Waals surface area (Å²) in [6.07, 6.45) is 4.63. The number of aromatic hydroxyl groups is 1. The third-order valence-corrected chi connectivity index (χ3v) is 3.60. The number of aromatic nitrogens is 1. The number of hydrogen-bond donors (Lipinski definition) is 1. The van der Waals surface area contributed by atoms with Gasteiger partial charge in [-0.2, -0.15) is 5.26 Å². The highest BCUT2D eigenvalue weighted by Gasteiger charge is 2.19. The lowest BCUT2D eigenvalue weighted by Crippen LogP contribution is -2.24. The Bertz CT molecular complexity index is 883. The Morgan fingerprint density at radius 2 is 2.17 bits per heavy atom. The predicted octanol–water partition coefficient (Wildman–Crippen LogP) is 1.67. The number of rotatable bonds is 4. The van der Waals surface area contributed by atoms with E-state index in [2.05, 4.69) is 4.99 Å². The number of allylic oxidation sites excluding steroid dienone is 1. The first kappa shape index (κ1) is 17.2. The third-order valence-electron chi connectivity index (χ3n) is 3.60. The lowest BCUT2D eigenvalue weighted by Gasteiger charge is -2.12. The summed E-state index contributed by atoms with van der Waals surface area (Å²) in [6.45, 7) is 5.45. The van der Waals surface area contributed by atoms with Gasteiger partial charge in [0.1, 0.15) is 17.3 Å². The first-order valence-electron chi connectivity index (χ1n) is 7.46. The molecule has 0 saturated carbocycles. The molecule has 7 nitrogen and oxygen atoms in total. The van der Waals surface area contributed by atoms with Crippen LogP contribution in [0.25, 0.3) is 6.08 Å². The Morgan fingerprint density at radius 1 is 1.46 bits per heavy atom. The maximum Gasteiger partial charge on any atom is 0.356 e. The Hall–Kier alpha value is -3.14. The summed E-state index contributed by atoms with van der Waals surface area (Å²) in [6, 6.07) is 1.87. The largest absolute Gasteiger partial charge is 0.494 e. The number of hydrogen-bond acceptors (Lipinski definition) is 6. The van der Waals surface area contributed by atoms with Gasteiger partial charge in [0, 0.05) is 12.1 Å². The van der Waals surface area contributed by atoms with Crippen molar-refractivity contribution in [3.05, 3.63) is 44.9 Å². The van der Waals surface area contributed by atoms with Gasteiger partial charge in [-0.15, -0.1) is 0 Å². The molecule has 1 aromatic heterocycles. The molecular formula is C17H17N3O4. The van der Waals surface area contributed by atoms with Gasteiger partial charge in [0.2, 0.25) is 5.88 Å². The third kappa shape index (κ3) is 2.99. The highest BCUT2D eigenvalue weighted by atomic mass is 16.5. The number of pyridine rings is 1. The van der Waals surface area contributed by atoms with Crippen molar-refractivity contribution < 1.29 is 14.6 Å². The molecule has 24 heavy (non-hydrogen) atoms. The average Bonchev–Trinajstić information content (AvgIpc) is 3.01. The second-order valence-corrected chi connectivity index (χ2v) is 5.02. The first-order valence-corrected chi connectivity index (χ1v) is 7.46. The fourth-order valence-corrected chi connectivity index (χ4v) is 2.36. The highest BCUT2D eigenvalue weighted by molar-refractivity contribution is 6.42. The number of nitriles is 1. The molecule has 7 heteroatoms. The van der Waals surface area contributed by atoms with Crippen LogP contribution in [0.1, 0.15) is 30.5 Å². The van der Waals surface area contributed by atoms with Gasteiger partial charge >= 0.3 is 5.97 Å². The molecule has 1 aromatic rings. The zero-order valence-corrected chi connectivity index (χ0v) is 13.7. The molecule has 0 unspecified atom stereocenters. The van der Waals surface area contributed by atoms with E-state index >= 15 is 0 Å². The minimum absolute atomic E-state index is 0.0296. The van der Waals surface area contributed by atoms with Crippen molar-refractivity contribution >= 4 is 17.8 Å². The van der Waals surface area contributed by atoms with E-state index in [-0.39, 0.29) is 30.3 Å². The second kappa shape index (κ2) is 6.96. The van der Waals surface area contributed by atoms with Gasteiger partial charge in [-0.05, 0) is 44.6 Å². The standard InChI is InChI=1S/C17H17N3O4/c1-4-20-15(21)12(10(3)13(9-18)16(20)22)8-11-6-7-14(19-11)17(23)24-5-2/h6-8,21H,4-5H2,1-3H3/b11-8+. The minimum atomic E-state index is -0.533. The van der Waals surface area contributed by atoms with Gasteiger partial charge in [-0.3, -0.25) is 9.36 Å². The molecule has 1 aliphatic heterocycles. The van der Waals surface area contributed by atoms with Gasteiger partial charge in [0.05, 0.1) is 12.3 Å². The van der Waals surface area contributed by atoms with Gasteiger partial charge in [0.25, 0.3) is 5.56 Å². The molecule has 1 aliphatic rings. The Kier molecular flexibility index (Phi) is 4.99. The van der Waals surface area contributed by atoms with E-state index in [1.54, 1.807) is 26.8 Å². The van der Waals surface area contributed by atoms with E-state index in [1.165, 1.54) is 12.2 Å². The SMILES string of the molecule is CCOC(=O)C1=N/C(=C/c2c(C)c(C#N)c(=O)n(CC)c2O)C=C1. The molecule has 0 atom stereocenters. The van der Waals surface area contributed by atoms with Crippen molar-refractivity contribution in [3.8, 4) is 11.9 Å². The summed E-state index contributed by atoms with van der Waals surface area (Å²) in [5.74, 6) is -0.769. The second-order valence-electron chi connectivity index (χ2n) is 5.02. The topological polar surface area (TPSA) is 105 Å². The van der Waals surface area contributed by atoms with Crippen LogP contribution in [0.15, 0.2) is 27.6 Å². The maximum absolute atomic E-state index is 12.1. The molecule has 0 saturated heterocycles. The maximum atomic E-state index is 12.1. The highest BCUT2D eigenvalue weighted by Crippen LogP contribution is 2.26. The van der Waals surface area contributed by atoms with Crippen LogP contribution >= 0.6 is 0 Å². The molecule has 0 radical (unpaired) electrons. The lowest BCUT2D eigenvalue weighted by molar-refractivity contribution is -0.134. The molecule has 0 aliphatic carbocycles. The fourth-order valence-electron chi connectivity index (χ4n) is 2.36. The molecule has 0 aromatic carbocycles. The van der Waals surface area contributed by atoms with Crippen LogP contribution in [-0.2, 0) is 16.1 Å². The van der Waals surface area contributed by atoms with Crippen molar-refractivity contribution in [3.63, 3.8) is 0 Å². The molecule has 0 spiro atoms. The summed E-state index contributed by atoms with van der Waals surface area (Å²) in [5, 5.41) is 19.5. The van der Waals surface area contributed by atoms with Crippen molar-refractivity contribution in [1.29, 1.82) is 5.26 Å². The Balaban J connectivity index is 2.56. The van der Waals surface area contributed by atoms with E-state index in [0.717, 1.165) is 4.57 Å². The molecule has 2 heterocycles. The number of aliphatic imine (C=N–C) groups is 1. The molecule has 2 rings (SSSR count). The quantitative estimate of drug-likeness (QED) is 0.847. The summed E-state index contributed by atoms with van der Waals surface area (Å²) in [5.41, 5.74) is 0.700. The van der Waals surface area contributed by atoms with Crippen molar-refractivity contribution in [2.24, 2.45) is 4.99 Å². The number of ether oxygens (including phenoxy) is 1. The van der Waals surface area contributed by atoms with Gasteiger partial charge in [-0.25, -0.2) is 9.79 Å². The van der Waals surface area contributed by atoms with E-state index in [1.807, 2.05) is 6.07 Å². The smallest absolute Gasteiger partial charge is 0.356 e. The summed E-state index contributed by atoms with van der Waals surface area (Å²) >= 11 is 0. The number of esters is 1. The van der Waals surface area contributed by atoms with E-state index < -0.39 is 11.5 Å².